The van der Waals surface area contributed by atoms with E-state index in [2.05, 4.69) is 21.5 Å². The lowest BCUT2D eigenvalue weighted by Gasteiger charge is -2.09. The van der Waals surface area contributed by atoms with E-state index in [9.17, 15) is 0 Å². The largest absolute Gasteiger partial charge is 0.367 e. The van der Waals surface area contributed by atoms with Crippen LogP contribution in [0.4, 0.5) is 0 Å². The second kappa shape index (κ2) is 3.29. The van der Waals surface area contributed by atoms with Crippen LogP contribution in [0.5, 0.6) is 0 Å². The molecule has 0 spiro atoms. The van der Waals surface area contributed by atoms with Crippen LogP contribution < -0.4 is 22.1 Å². The third kappa shape index (κ3) is 1.28. The molecule has 0 unspecified atom stereocenters. The van der Waals surface area contributed by atoms with Gasteiger partial charge in [-0.3, -0.25) is 10.9 Å². The minimum Gasteiger partial charge on any atom is -0.367 e. The van der Waals surface area contributed by atoms with E-state index in [1.54, 1.807) is 5.01 Å². The lowest BCUT2D eigenvalue weighted by Crippen LogP contribution is -2.43. The number of guanidine groups is 1. The SMILES string of the molecule is NC1=NNC2=C(c3cccc(Cl)c3)NNN12. The number of nitrogens with one attached hydrogen (secondary N) is 3. The van der Waals surface area contributed by atoms with E-state index >= 15 is 0 Å². The zero-order valence-electron chi connectivity index (χ0n) is 8.16. The molecule has 5 N–H and O–H groups in total. The molecule has 0 fully saturated rings. The van der Waals surface area contributed by atoms with Gasteiger partial charge >= 0.3 is 0 Å². The van der Waals surface area contributed by atoms with Crippen molar-refractivity contribution in [2.75, 3.05) is 0 Å². The Balaban J connectivity index is 2.03. The van der Waals surface area contributed by atoms with E-state index in [-0.39, 0.29) is 0 Å². The Morgan fingerprint density at radius 3 is 3.06 bits per heavy atom. The number of fused-ring (bicyclic) bond motifs is 1. The van der Waals surface area contributed by atoms with E-state index in [1.165, 1.54) is 0 Å². The molecule has 2 aliphatic rings. The van der Waals surface area contributed by atoms with Crippen LogP contribution in [0, 0.1) is 0 Å². The van der Waals surface area contributed by atoms with Gasteiger partial charge in [-0.2, -0.15) is 0 Å². The standard InChI is InChI=1S/C9H9ClN6/c10-6-3-1-2-5(4-6)7-8-13-14-9(11)16(8)15-12-7/h1-4,12-13,15H,(H2,11,14). The van der Waals surface area contributed by atoms with Crippen molar-refractivity contribution in [3.05, 3.63) is 40.7 Å². The molecule has 0 saturated heterocycles. The Bertz CT molecular complexity index is 508. The molecule has 2 heterocycles. The first-order valence-electron chi connectivity index (χ1n) is 4.67. The van der Waals surface area contributed by atoms with Crippen molar-refractivity contribution in [3.63, 3.8) is 0 Å². The third-order valence-corrected chi connectivity index (χ3v) is 2.61. The Labute approximate surface area is 96.7 Å². The summed E-state index contributed by atoms with van der Waals surface area (Å²) in [5.74, 6) is 1.12. The Hall–Kier alpha value is -1.92. The second-order valence-corrected chi connectivity index (χ2v) is 3.82. The van der Waals surface area contributed by atoms with Crippen molar-refractivity contribution < 1.29 is 0 Å². The molecule has 2 aliphatic heterocycles. The van der Waals surface area contributed by atoms with Gasteiger partial charge in [0.1, 0.15) is 5.70 Å². The van der Waals surface area contributed by atoms with Gasteiger partial charge in [0.25, 0.3) is 0 Å². The Morgan fingerprint density at radius 2 is 2.25 bits per heavy atom. The molecule has 0 saturated carbocycles. The lowest BCUT2D eigenvalue weighted by molar-refractivity contribution is 0.383. The van der Waals surface area contributed by atoms with Crippen LogP contribution in [-0.4, -0.2) is 11.0 Å². The van der Waals surface area contributed by atoms with Gasteiger partial charge < -0.3 is 5.73 Å². The number of hydrogen-bond donors (Lipinski definition) is 4. The van der Waals surface area contributed by atoms with Gasteiger partial charge in [-0.15, -0.1) is 10.6 Å². The number of hydrazine groups is 2. The molecule has 0 amide bonds. The zero-order chi connectivity index (χ0) is 11.1. The molecule has 0 radical (unpaired) electrons. The molecule has 3 rings (SSSR count). The summed E-state index contributed by atoms with van der Waals surface area (Å²) in [6.07, 6.45) is 0. The summed E-state index contributed by atoms with van der Waals surface area (Å²) < 4.78 is 0. The Morgan fingerprint density at radius 1 is 1.38 bits per heavy atom. The monoisotopic (exact) mass is 236 g/mol. The molecule has 1 aromatic rings. The summed E-state index contributed by atoms with van der Waals surface area (Å²) in [5.41, 5.74) is 16.2. The van der Waals surface area contributed by atoms with Gasteiger partial charge in [0, 0.05) is 10.6 Å². The number of hydrazone groups is 1. The van der Waals surface area contributed by atoms with Crippen LogP contribution in [0.25, 0.3) is 5.70 Å². The minimum atomic E-state index is 0.361. The van der Waals surface area contributed by atoms with Crippen molar-refractivity contribution in [1.29, 1.82) is 0 Å². The summed E-state index contributed by atoms with van der Waals surface area (Å²) >= 11 is 5.94. The molecule has 16 heavy (non-hydrogen) atoms. The van der Waals surface area contributed by atoms with Crippen LogP contribution in [0.1, 0.15) is 5.56 Å². The molecule has 0 bridgehead atoms. The van der Waals surface area contributed by atoms with Gasteiger partial charge in [-0.1, -0.05) is 23.7 Å². The van der Waals surface area contributed by atoms with Crippen LogP contribution in [0.2, 0.25) is 5.02 Å². The highest BCUT2D eigenvalue weighted by molar-refractivity contribution is 6.30. The van der Waals surface area contributed by atoms with Crippen molar-refractivity contribution in [2.45, 2.75) is 0 Å². The highest BCUT2D eigenvalue weighted by Crippen LogP contribution is 2.24. The van der Waals surface area contributed by atoms with E-state index in [4.69, 9.17) is 17.3 Å². The van der Waals surface area contributed by atoms with Gasteiger partial charge in [-0.05, 0) is 12.1 Å². The first kappa shape index (κ1) is 9.32. The quantitative estimate of drug-likeness (QED) is 0.557. The lowest BCUT2D eigenvalue weighted by atomic mass is 10.1. The zero-order valence-corrected chi connectivity index (χ0v) is 8.92. The average Bonchev–Trinajstić information content (AvgIpc) is 2.82. The van der Waals surface area contributed by atoms with Crippen LogP contribution in [0.3, 0.4) is 0 Å². The van der Waals surface area contributed by atoms with E-state index in [0.717, 1.165) is 17.1 Å². The number of nitrogens with two attached hydrogens (primary N) is 1. The molecule has 1 aromatic carbocycles. The summed E-state index contributed by atoms with van der Waals surface area (Å²) in [6, 6.07) is 7.51. The van der Waals surface area contributed by atoms with Gasteiger partial charge in [0.15, 0.2) is 5.82 Å². The first-order chi connectivity index (χ1) is 7.75. The molecular weight excluding hydrogens is 228 g/mol. The van der Waals surface area contributed by atoms with E-state index < -0.39 is 0 Å². The maximum absolute atomic E-state index is 5.94. The average molecular weight is 237 g/mol. The molecule has 6 nitrogen and oxygen atoms in total. The molecule has 0 aromatic heterocycles. The molecule has 0 aliphatic carbocycles. The molecule has 0 atom stereocenters. The van der Waals surface area contributed by atoms with Crippen molar-refractivity contribution >= 4 is 23.3 Å². The predicted molar refractivity (Wildman–Crippen MR) is 61.2 cm³/mol. The fraction of sp³-hybridized carbons (Fsp3) is 0. The van der Waals surface area contributed by atoms with Crippen molar-refractivity contribution in [1.82, 2.24) is 21.4 Å². The summed E-state index contributed by atoms with van der Waals surface area (Å²) in [6.45, 7) is 0. The minimum absolute atomic E-state index is 0.361. The van der Waals surface area contributed by atoms with E-state index in [0.29, 0.717) is 11.0 Å². The van der Waals surface area contributed by atoms with Gasteiger partial charge in [0.2, 0.25) is 5.96 Å². The number of rotatable bonds is 1. The number of nitrogens with zero attached hydrogens (tertiary/aromatic N) is 2. The van der Waals surface area contributed by atoms with E-state index in [1.807, 2.05) is 24.3 Å². The fourth-order valence-electron chi connectivity index (χ4n) is 1.63. The van der Waals surface area contributed by atoms with Crippen LogP contribution in [0.15, 0.2) is 35.2 Å². The topological polar surface area (TPSA) is 77.7 Å². The van der Waals surface area contributed by atoms with Crippen LogP contribution in [-0.2, 0) is 0 Å². The Kier molecular flexibility index (Phi) is 1.92. The molecular formula is C9H9ClN6. The molecule has 7 heteroatoms. The summed E-state index contributed by atoms with van der Waals surface area (Å²) in [4.78, 5) is 0. The fourth-order valence-corrected chi connectivity index (χ4v) is 1.82. The third-order valence-electron chi connectivity index (χ3n) is 2.37. The number of hydrogen-bond acceptors (Lipinski definition) is 6. The first-order valence-corrected chi connectivity index (χ1v) is 5.05. The highest BCUT2D eigenvalue weighted by Gasteiger charge is 2.29. The number of halogens is 1. The van der Waals surface area contributed by atoms with Crippen molar-refractivity contribution in [2.24, 2.45) is 10.8 Å². The normalized spacial score (nSPS) is 18.1. The van der Waals surface area contributed by atoms with Crippen LogP contribution >= 0.6 is 11.6 Å². The van der Waals surface area contributed by atoms with Gasteiger partial charge in [-0.25, -0.2) is 5.01 Å². The maximum atomic E-state index is 5.94. The summed E-state index contributed by atoms with van der Waals surface area (Å²) in [7, 11) is 0. The second-order valence-electron chi connectivity index (χ2n) is 3.39. The molecule has 82 valence electrons. The predicted octanol–water partition coefficient (Wildman–Crippen LogP) is 0.124. The maximum Gasteiger partial charge on any atom is 0.236 e. The van der Waals surface area contributed by atoms with Crippen molar-refractivity contribution in [3.8, 4) is 0 Å². The number of benzene rings is 1. The van der Waals surface area contributed by atoms with Gasteiger partial charge in [0.05, 0.1) is 0 Å². The smallest absolute Gasteiger partial charge is 0.236 e. The summed E-state index contributed by atoms with van der Waals surface area (Å²) in [5, 5.41) is 6.20. The highest BCUT2D eigenvalue weighted by atomic mass is 35.5.